The molecule has 0 aromatic carbocycles. The number of likely N-dealkylation sites (tertiary alicyclic amines) is 1. The molecule has 1 atom stereocenters. The molecule has 0 spiro atoms. The molecule has 110 valence electrons. The average Bonchev–Trinajstić information content (AvgIpc) is 2.45. The largest absolute Gasteiger partial charge is 0.464 e. The molecule has 0 saturated carbocycles. The summed E-state index contributed by atoms with van der Waals surface area (Å²) in [6.45, 7) is 3.05. The Morgan fingerprint density at radius 3 is 3.10 bits per heavy atom. The maximum Gasteiger partial charge on any atom is 0.356 e. The molecule has 1 unspecified atom stereocenters. The number of esters is 1. The first-order valence-electron chi connectivity index (χ1n) is 6.87. The zero-order valence-electron chi connectivity index (χ0n) is 12.1. The third kappa shape index (κ3) is 3.60. The minimum absolute atomic E-state index is 0.268. The van der Waals surface area contributed by atoms with Gasteiger partial charge in [-0.15, -0.1) is 0 Å². The first-order valence-corrected chi connectivity index (χ1v) is 6.87. The average molecular weight is 278 g/mol. The summed E-state index contributed by atoms with van der Waals surface area (Å²) in [5.74, 6) is 0.684. The normalized spacial score (nSPS) is 19.6. The Kier molecular flexibility index (Phi) is 4.79. The van der Waals surface area contributed by atoms with Crippen LogP contribution < -0.4 is 11.1 Å². The van der Waals surface area contributed by atoms with E-state index in [4.69, 9.17) is 5.73 Å². The first-order chi connectivity index (χ1) is 9.60. The van der Waals surface area contributed by atoms with Crippen molar-refractivity contribution in [2.24, 2.45) is 5.92 Å². The number of pyridine rings is 1. The molecule has 1 aliphatic heterocycles. The lowest BCUT2D eigenvalue weighted by atomic mass is 9.98. The van der Waals surface area contributed by atoms with Gasteiger partial charge >= 0.3 is 5.97 Å². The summed E-state index contributed by atoms with van der Waals surface area (Å²) in [5, 5.41) is 3.25. The Morgan fingerprint density at radius 1 is 1.60 bits per heavy atom. The van der Waals surface area contributed by atoms with E-state index in [1.807, 2.05) is 0 Å². The van der Waals surface area contributed by atoms with Crippen molar-refractivity contribution in [3.05, 3.63) is 17.8 Å². The van der Waals surface area contributed by atoms with Crippen LogP contribution in [-0.2, 0) is 4.74 Å². The Balaban J connectivity index is 1.99. The van der Waals surface area contributed by atoms with Gasteiger partial charge in [0.1, 0.15) is 5.82 Å². The van der Waals surface area contributed by atoms with Crippen LogP contribution in [0, 0.1) is 5.92 Å². The van der Waals surface area contributed by atoms with Crippen LogP contribution in [0.1, 0.15) is 23.3 Å². The van der Waals surface area contributed by atoms with Gasteiger partial charge < -0.3 is 20.7 Å². The summed E-state index contributed by atoms with van der Waals surface area (Å²) in [6, 6.07) is 3.25. The van der Waals surface area contributed by atoms with Gasteiger partial charge in [0.15, 0.2) is 5.69 Å². The standard InChI is InChI=1S/C14H22N4O2/c1-18-7-3-4-10(9-18)8-16-13-11(15)5-6-12(17-13)14(19)20-2/h5-6,10H,3-4,7-9,15H2,1-2H3,(H,16,17). The van der Waals surface area contributed by atoms with Gasteiger partial charge in [0.05, 0.1) is 12.8 Å². The molecule has 1 aromatic rings. The Labute approximate surface area is 119 Å². The number of anilines is 2. The fourth-order valence-electron chi connectivity index (χ4n) is 2.51. The topological polar surface area (TPSA) is 80.5 Å². The molecule has 0 radical (unpaired) electrons. The van der Waals surface area contributed by atoms with Crippen molar-refractivity contribution in [2.45, 2.75) is 12.8 Å². The van der Waals surface area contributed by atoms with Crippen molar-refractivity contribution < 1.29 is 9.53 Å². The lowest BCUT2D eigenvalue weighted by Crippen LogP contribution is -2.35. The summed E-state index contributed by atoms with van der Waals surface area (Å²) in [6.07, 6.45) is 2.42. The number of rotatable bonds is 4. The van der Waals surface area contributed by atoms with E-state index in [-0.39, 0.29) is 5.69 Å². The molecular weight excluding hydrogens is 256 g/mol. The third-order valence-electron chi connectivity index (χ3n) is 3.60. The second-order valence-electron chi connectivity index (χ2n) is 5.28. The van der Waals surface area contributed by atoms with E-state index in [1.54, 1.807) is 12.1 Å². The maximum absolute atomic E-state index is 11.5. The lowest BCUT2D eigenvalue weighted by molar-refractivity contribution is 0.0594. The monoisotopic (exact) mass is 278 g/mol. The first kappa shape index (κ1) is 14.6. The molecule has 1 aromatic heterocycles. The number of hydrogen-bond donors (Lipinski definition) is 2. The molecule has 1 saturated heterocycles. The van der Waals surface area contributed by atoms with Gasteiger partial charge in [0.2, 0.25) is 0 Å². The highest BCUT2D eigenvalue weighted by atomic mass is 16.5. The highest BCUT2D eigenvalue weighted by Crippen LogP contribution is 2.19. The minimum Gasteiger partial charge on any atom is -0.464 e. The lowest BCUT2D eigenvalue weighted by Gasteiger charge is -2.29. The van der Waals surface area contributed by atoms with Crippen molar-refractivity contribution in [3.63, 3.8) is 0 Å². The van der Waals surface area contributed by atoms with E-state index >= 15 is 0 Å². The molecule has 0 bridgehead atoms. The fourth-order valence-corrected chi connectivity index (χ4v) is 2.51. The molecular formula is C14H22N4O2. The van der Waals surface area contributed by atoms with Crippen molar-refractivity contribution >= 4 is 17.5 Å². The second-order valence-corrected chi connectivity index (χ2v) is 5.28. The van der Waals surface area contributed by atoms with Crippen LogP contribution in [0.3, 0.4) is 0 Å². The van der Waals surface area contributed by atoms with Gasteiger partial charge in [-0.1, -0.05) is 0 Å². The second kappa shape index (κ2) is 6.56. The SMILES string of the molecule is COC(=O)c1ccc(N)c(NCC2CCCN(C)C2)n1. The highest BCUT2D eigenvalue weighted by Gasteiger charge is 2.18. The molecule has 6 heteroatoms. The zero-order valence-corrected chi connectivity index (χ0v) is 12.1. The number of methoxy groups -OCH3 is 1. The van der Waals surface area contributed by atoms with Gasteiger partial charge in [-0.3, -0.25) is 0 Å². The number of ether oxygens (including phenoxy) is 1. The van der Waals surface area contributed by atoms with Crippen molar-refractivity contribution in [1.29, 1.82) is 0 Å². The number of piperidine rings is 1. The molecule has 0 aliphatic carbocycles. The van der Waals surface area contributed by atoms with E-state index in [0.29, 0.717) is 17.4 Å². The van der Waals surface area contributed by atoms with E-state index in [1.165, 1.54) is 20.0 Å². The van der Waals surface area contributed by atoms with Crippen molar-refractivity contribution in [1.82, 2.24) is 9.88 Å². The number of carbonyl (C=O) groups excluding carboxylic acids is 1. The summed E-state index contributed by atoms with van der Waals surface area (Å²) in [4.78, 5) is 18.0. The van der Waals surface area contributed by atoms with Gasteiger partial charge in [0, 0.05) is 13.1 Å². The van der Waals surface area contributed by atoms with Crippen molar-refractivity contribution in [3.8, 4) is 0 Å². The number of nitrogens with two attached hydrogens (primary N) is 1. The minimum atomic E-state index is -0.453. The molecule has 3 N–H and O–H groups in total. The molecule has 6 nitrogen and oxygen atoms in total. The Bertz CT molecular complexity index is 478. The highest BCUT2D eigenvalue weighted by molar-refractivity contribution is 5.88. The quantitative estimate of drug-likeness (QED) is 0.806. The molecule has 2 heterocycles. The van der Waals surface area contributed by atoms with Crippen LogP contribution in [0.15, 0.2) is 12.1 Å². The van der Waals surface area contributed by atoms with Crippen LogP contribution in [0.25, 0.3) is 0 Å². The molecule has 2 rings (SSSR count). The smallest absolute Gasteiger partial charge is 0.356 e. The van der Waals surface area contributed by atoms with Crippen LogP contribution in [0.5, 0.6) is 0 Å². The van der Waals surface area contributed by atoms with Gasteiger partial charge in [-0.25, -0.2) is 9.78 Å². The van der Waals surface area contributed by atoms with E-state index in [0.717, 1.165) is 19.6 Å². The maximum atomic E-state index is 11.5. The predicted molar refractivity (Wildman–Crippen MR) is 78.7 cm³/mol. The number of carbonyl (C=O) groups is 1. The summed E-state index contributed by atoms with van der Waals surface area (Å²) >= 11 is 0. The number of hydrogen-bond acceptors (Lipinski definition) is 6. The fraction of sp³-hybridized carbons (Fsp3) is 0.571. The molecule has 20 heavy (non-hydrogen) atoms. The Hall–Kier alpha value is -1.82. The number of nitrogen functional groups attached to an aromatic ring is 1. The third-order valence-corrected chi connectivity index (χ3v) is 3.60. The zero-order chi connectivity index (χ0) is 14.5. The van der Waals surface area contributed by atoms with E-state index < -0.39 is 5.97 Å². The molecule has 1 fully saturated rings. The van der Waals surface area contributed by atoms with E-state index in [9.17, 15) is 4.79 Å². The predicted octanol–water partition coefficient (Wildman–Crippen LogP) is 1.20. The molecule has 1 aliphatic rings. The van der Waals surface area contributed by atoms with Gasteiger partial charge in [-0.2, -0.15) is 0 Å². The van der Waals surface area contributed by atoms with Crippen molar-refractivity contribution in [2.75, 3.05) is 44.8 Å². The van der Waals surface area contributed by atoms with Crippen LogP contribution >= 0.6 is 0 Å². The number of aromatic nitrogens is 1. The summed E-state index contributed by atoms with van der Waals surface area (Å²) < 4.78 is 4.66. The summed E-state index contributed by atoms with van der Waals surface area (Å²) in [7, 11) is 3.47. The molecule has 0 amide bonds. The Morgan fingerprint density at radius 2 is 2.40 bits per heavy atom. The number of nitrogens with zero attached hydrogens (tertiary/aromatic N) is 2. The van der Waals surface area contributed by atoms with Gasteiger partial charge in [-0.05, 0) is 44.5 Å². The van der Waals surface area contributed by atoms with Crippen LogP contribution in [0.2, 0.25) is 0 Å². The van der Waals surface area contributed by atoms with Crippen LogP contribution in [0.4, 0.5) is 11.5 Å². The van der Waals surface area contributed by atoms with Crippen LogP contribution in [-0.4, -0.2) is 49.6 Å². The van der Waals surface area contributed by atoms with E-state index in [2.05, 4.69) is 27.0 Å². The van der Waals surface area contributed by atoms with Gasteiger partial charge in [0.25, 0.3) is 0 Å². The summed E-state index contributed by atoms with van der Waals surface area (Å²) in [5.41, 5.74) is 6.70. The number of nitrogens with one attached hydrogen (secondary N) is 1.